The van der Waals surface area contributed by atoms with Gasteiger partial charge in [-0.15, -0.1) is 16.9 Å². The summed E-state index contributed by atoms with van der Waals surface area (Å²) in [7, 11) is 0. The second kappa shape index (κ2) is 7.27. The van der Waals surface area contributed by atoms with Crippen LogP contribution in [0, 0.1) is 6.92 Å². The van der Waals surface area contributed by atoms with Gasteiger partial charge in [0.05, 0.1) is 11.1 Å². The highest BCUT2D eigenvalue weighted by atomic mass is 32.2. The van der Waals surface area contributed by atoms with Crippen molar-refractivity contribution in [2.24, 2.45) is 0 Å². The van der Waals surface area contributed by atoms with Crippen molar-refractivity contribution in [1.29, 1.82) is 0 Å². The summed E-state index contributed by atoms with van der Waals surface area (Å²) in [6, 6.07) is 14.7. The molecule has 3 aromatic rings. The van der Waals surface area contributed by atoms with Crippen molar-refractivity contribution < 1.29 is 9.53 Å². The van der Waals surface area contributed by atoms with E-state index >= 15 is 0 Å². The minimum absolute atomic E-state index is 0.167. The van der Waals surface area contributed by atoms with E-state index in [0.29, 0.717) is 10.9 Å². The van der Waals surface area contributed by atoms with Gasteiger partial charge in [-0.25, -0.2) is 0 Å². The molecule has 0 aliphatic heterocycles. The molecule has 6 nitrogen and oxygen atoms in total. The van der Waals surface area contributed by atoms with Crippen molar-refractivity contribution >= 4 is 28.6 Å². The molecule has 1 aromatic heterocycles. The van der Waals surface area contributed by atoms with Crippen LogP contribution in [0.2, 0.25) is 0 Å². The second-order valence-electron chi connectivity index (χ2n) is 5.11. The lowest BCUT2D eigenvalue weighted by atomic mass is 10.2. The predicted molar refractivity (Wildman–Crippen MR) is 91.8 cm³/mol. The largest absolute Gasteiger partial charge is 0.441 e. The Morgan fingerprint density at radius 2 is 1.92 bits per heavy atom. The molecular formula is C17H15N3O3S. The van der Waals surface area contributed by atoms with Crippen LogP contribution in [0.25, 0.3) is 10.9 Å². The van der Waals surface area contributed by atoms with E-state index in [2.05, 4.69) is 10.3 Å². The van der Waals surface area contributed by atoms with Crippen LogP contribution in [-0.2, 0) is 16.3 Å². The van der Waals surface area contributed by atoms with Crippen LogP contribution in [0.1, 0.15) is 5.56 Å². The summed E-state index contributed by atoms with van der Waals surface area (Å²) in [4.78, 5) is 25.1. The number of hydrogen-bond acceptors (Lipinski definition) is 6. The lowest BCUT2D eigenvalue weighted by Crippen LogP contribution is -2.26. The van der Waals surface area contributed by atoms with E-state index in [4.69, 9.17) is 4.74 Å². The summed E-state index contributed by atoms with van der Waals surface area (Å²) >= 11 is 1.40. The van der Waals surface area contributed by atoms with Gasteiger partial charge in [0, 0.05) is 4.90 Å². The van der Waals surface area contributed by atoms with Crippen LogP contribution in [0.5, 0.6) is 0 Å². The Labute approximate surface area is 142 Å². The molecule has 0 atom stereocenters. The first kappa shape index (κ1) is 16.2. The summed E-state index contributed by atoms with van der Waals surface area (Å²) in [5.74, 6) is -0.245. The van der Waals surface area contributed by atoms with Gasteiger partial charge in [-0.2, -0.15) is 4.68 Å². The van der Waals surface area contributed by atoms with E-state index in [0.717, 1.165) is 15.1 Å². The standard InChI is InChI=1S/C17H15N3O3S/c1-12-6-2-5-9-15(12)24-10-16(21)23-11-20-17(22)13-7-3-4-8-14(13)18-19-20/h2-9H,10-11H2,1H3. The smallest absolute Gasteiger partial charge is 0.318 e. The fraction of sp³-hybridized carbons (Fsp3) is 0.176. The Hall–Kier alpha value is -2.67. The van der Waals surface area contributed by atoms with Gasteiger partial charge in [0.2, 0.25) is 0 Å². The Balaban J connectivity index is 1.61. The Bertz CT molecular complexity index is 940. The summed E-state index contributed by atoms with van der Waals surface area (Å²) in [5.41, 5.74) is 1.28. The number of fused-ring (bicyclic) bond motifs is 1. The number of hydrogen-bond donors (Lipinski definition) is 0. The van der Waals surface area contributed by atoms with E-state index in [1.54, 1.807) is 24.3 Å². The number of thioether (sulfide) groups is 1. The van der Waals surface area contributed by atoms with Crippen molar-refractivity contribution in [3.8, 4) is 0 Å². The van der Waals surface area contributed by atoms with Crippen LogP contribution in [-0.4, -0.2) is 26.7 Å². The van der Waals surface area contributed by atoms with E-state index < -0.39 is 5.97 Å². The van der Waals surface area contributed by atoms with Crippen molar-refractivity contribution in [3.05, 3.63) is 64.4 Å². The molecular weight excluding hydrogens is 326 g/mol. The van der Waals surface area contributed by atoms with Gasteiger partial charge in [-0.3, -0.25) is 9.59 Å². The zero-order valence-electron chi connectivity index (χ0n) is 13.0. The van der Waals surface area contributed by atoms with E-state index in [9.17, 15) is 9.59 Å². The van der Waals surface area contributed by atoms with Crippen LogP contribution in [0.15, 0.2) is 58.2 Å². The highest BCUT2D eigenvalue weighted by molar-refractivity contribution is 8.00. The van der Waals surface area contributed by atoms with Gasteiger partial charge in [0.1, 0.15) is 5.52 Å². The van der Waals surface area contributed by atoms with Crippen molar-refractivity contribution in [2.45, 2.75) is 18.6 Å². The SMILES string of the molecule is Cc1ccccc1SCC(=O)OCn1nnc2ccccc2c1=O. The number of carbonyl (C=O) groups excluding carboxylic acids is 1. The third-order valence-corrected chi connectivity index (χ3v) is 4.57. The molecule has 3 rings (SSSR count). The monoisotopic (exact) mass is 341 g/mol. The molecule has 0 amide bonds. The van der Waals surface area contributed by atoms with Gasteiger partial charge in [0.25, 0.3) is 5.56 Å². The average molecular weight is 341 g/mol. The molecule has 0 unspecified atom stereocenters. The average Bonchev–Trinajstić information content (AvgIpc) is 2.61. The number of rotatable bonds is 5. The topological polar surface area (TPSA) is 74.1 Å². The maximum atomic E-state index is 12.2. The third kappa shape index (κ3) is 3.62. The molecule has 2 aromatic carbocycles. The molecule has 0 radical (unpaired) electrons. The fourth-order valence-electron chi connectivity index (χ4n) is 2.14. The maximum Gasteiger partial charge on any atom is 0.318 e. The molecule has 0 saturated heterocycles. The highest BCUT2D eigenvalue weighted by Crippen LogP contribution is 2.21. The third-order valence-electron chi connectivity index (χ3n) is 3.42. The first-order valence-electron chi connectivity index (χ1n) is 7.32. The first-order chi connectivity index (χ1) is 11.6. The number of esters is 1. The van der Waals surface area contributed by atoms with Gasteiger partial charge >= 0.3 is 5.97 Å². The van der Waals surface area contributed by atoms with Gasteiger partial charge in [0.15, 0.2) is 6.73 Å². The van der Waals surface area contributed by atoms with Crippen molar-refractivity contribution in [2.75, 3.05) is 5.75 Å². The maximum absolute atomic E-state index is 12.2. The Kier molecular flexibility index (Phi) is 4.90. The lowest BCUT2D eigenvalue weighted by Gasteiger charge is -2.07. The van der Waals surface area contributed by atoms with Crippen LogP contribution >= 0.6 is 11.8 Å². The van der Waals surface area contributed by atoms with Crippen LogP contribution < -0.4 is 5.56 Å². The van der Waals surface area contributed by atoms with E-state index in [1.165, 1.54) is 11.8 Å². The molecule has 0 fully saturated rings. The molecule has 1 heterocycles. The van der Waals surface area contributed by atoms with E-state index in [1.807, 2.05) is 31.2 Å². The lowest BCUT2D eigenvalue weighted by molar-refractivity contribution is -0.144. The Morgan fingerprint density at radius 1 is 1.17 bits per heavy atom. The molecule has 0 aliphatic rings. The molecule has 0 aliphatic carbocycles. The molecule has 0 N–H and O–H groups in total. The number of benzene rings is 2. The normalized spacial score (nSPS) is 10.7. The quantitative estimate of drug-likeness (QED) is 0.524. The summed E-state index contributed by atoms with van der Waals surface area (Å²) in [5, 5.41) is 8.16. The van der Waals surface area contributed by atoms with Crippen LogP contribution in [0.3, 0.4) is 0 Å². The molecule has 7 heteroatoms. The number of ether oxygens (including phenoxy) is 1. The Morgan fingerprint density at radius 3 is 2.75 bits per heavy atom. The van der Waals surface area contributed by atoms with Crippen molar-refractivity contribution in [1.82, 2.24) is 15.0 Å². The minimum Gasteiger partial charge on any atom is -0.441 e. The van der Waals surface area contributed by atoms with Gasteiger partial charge < -0.3 is 4.74 Å². The highest BCUT2D eigenvalue weighted by Gasteiger charge is 2.09. The fourth-order valence-corrected chi connectivity index (χ4v) is 2.97. The number of aromatic nitrogens is 3. The zero-order valence-corrected chi connectivity index (χ0v) is 13.8. The molecule has 0 bridgehead atoms. The number of nitrogens with zero attached hydrogens (tertiary/aromatic N) is 3. The van der Waals surface area contributed by atoms with Crippen molar-refractivity contribution in [3.63, 3.8) is 0 Å². The first-order valence-corrected chi connectivity index (χ1v) is 8.30. The predicted octanol–water partition coefficient (Wildman–Crippen LogP) is 2.39. The number of carbonyl (C=O) groups is 1. The molecule has 0 saturated carbocycles. The summed E-state index contributed by atoms with van der Waals surface area (Å²) < 4.78 is 6.16. The molecule has 0 spiro atoms. The van der Waals surface area contributed by atoms with Gasteiger partial charge in [-0.05, 0) is 30.7 Å². The van der Waals surface area contributed by atoms with Gasteiger partial charge in [-0.1, -0.05) is 35.5 Å². The molecule has 122 valence electrons. The summed E-state index contributed by atoms with van der Waals surface area (Å²) in [6.07, 6.45) is 0. The number of aryl methyl sites for hydroxylation is 1. The minimum atomic E-state index is -0.412. The summed E-state index contributed by atoms with van der Waals surface area (Å²) in [6.45, 7) is 1.74. The van der Waals surface area contributed by atoms with E-state index in [-0.39, 0.29) is 18.0 Å². The second-order valence-corrected chi connectivity index (χ2v) is 6.13. The molecule has 24 heavy (non-hydrogen) atoms. The van der Waals surface area contributed by atoms with Crippen LogP contribution in [0.4, 0.5) is 0 Å². The zero-order chi connectivity index (χ0) is 16.9.